The molecule has 0 atom stereocenters. The molecule has 36 heteroatoms. The van der Waals surface area contributed by atoms with Crippen molar-refractivity contribution in [3.8, 4) is 23.3 Å². The number of amides is 5. The van der Waals surface area contributed by atoms with E-state index < -0.39 is 46.8 Å². The molecule has 0 spiro atoms. The zero-order valence-electron chi connectivity index (χ0n) is 78.1. The Bertz CT molecular complexity index is 8380. The van der Waals surface area contributed by atoms with Gasteiger partial charge in [0.2, 0.25) is 5.91 Å². The minimum absolute atomic E-state index is 0.0779. The standard InChI is InChI=1S/C23H16Cl3N3O3.C23H17N5O2.C22H14Cl3N3O3.C22H18FN3O.C22H17N3O3/c1-32-16-4-2-13(3-5-16)8-15-10-17(20-9-14(24)6-7-29(15)20)22(30)23(31)28-21-18(25)11-27-12-19(21)26;1-27(18-7-5-16(15-24)6-8-18)21-14-19(20-4-2-3-13-28(20)21)22(29)23(30)26-17-9-11-25-12-10-17;23-13-5-6-28-14(7-12-1-3-15(29)4-2-12)9-16(19(28)8-13)21(30)22(31)27-20-17(24)10-26-11-18(20)25;23-18-6-4-16(5-7-18)13-20-14-17(21-3-1-2-12-26(20)21)15-22(27)25-19-8-10-24-11-9-19;26-18-8-6-15(7-9-18)12-17-13-19(20-5-1-2-11-25(17)20)21(27)22(28)24-16-4-3-10-23-14-16/h2-7,9-12H,8H2,1H3,(H,27,28,31);2-14H,1H3,(H,25,26,30);1-6,8-11,29H,7H2,(H,26,27,31);1-12,14H,13,15H2,(H,24,25,27);1-11,13-14,26H,12H2,(H,24,28). The van der Waals surface area contributed by atoms with Crippen LogP contribution in [0.2, 0.25) is 30.1 Å². The Morgan fingerprint density at radius 1 is 0.372 bits per heavy atom. The van der Waals surface area contributed by atoms with Crippen molar-refractivity contribution < 1.29 is 62.5 Å². The number of phenolic OH excluding ortho intramolecular Hbond substituents is 2. The molecule has 0 unspecified atom stereocenters. The Hall–Kier alpha value is -18.0. The fourth-order valence-corrected chi connectivity index (χ4v) is 17.3. The summed E-state index contributed by atoms with van der Waals surface area (Å²) in [5.74, 6) is -4.42. The normalized spacial score (nSPS) is 10.8. The van der Waals surface area contributed by atoms with E-state index in [0.717, 1.165) is 79.1 Å². The van der Waals surface area contributed by atoms with E-state index in [0.29, 0.717) is 85.9 Å². The third-order valence-electron chi connectivity index (χ3n) is 23.3. The molecule has 7 N–H and O–H groups in total. The molecule has 15 aromatic heterocycles. The average molecular weight is 2090 g/mol. The van der Waals surface area contributed by atoms with Gasteiger partial charge in [-0.2, -0.15) is 5.26 Å². The van der Waals surface area contributed by atoms with Crippen molar-refractivity contribution in [2.45, 2.75) is 32.1 Å². The maximum atomic E-state index is 13.2. The number of aromatic nitrogens is 10. The maximum Gasteiger partial charge on any atom is 0.296 e. The summed E-state index contributed by atoms with van der Waals surface area (Å²) in [6, 6.07) is 79.5. The number of carbonyl (C=O) groups is 9. The number of methoxy groups -OCH3 is 1. The van der Waals surface area contributed by atoms with Crippen LogP contribution in [0.25, 0.3) is 27.6 Å². The van der Waals surface area contributed by atoms with E-state index in [9.17, 15) is 57.8 Å². The number of nitrogens with zero attached hydrogens (tertiary/aromatic N) is 12. The molecule has 0 fully saturated rings. The highest BCUT2D eigenvalue weighted by atomic mass is 35.5. The quantitative estimate of drug-likeness (QED) is 0.0196. The highest BCUT2D eigenvalue weighted by molar-refractivity contribution is 6.52. The van der Waals surface area contributed by atoms with Gasteiger partial charge >= 0.3 is 0 Å². The summed E-state index contributed by atoms with van der Waals surface area (Å²) in [5.41, 5.74) is 16.1. The van der Waals surface area contributed by atoms with E-state index in [-0.39, 0.29) is 72.2 Å². The van der Waals surface area contributed by atoms with Gasteiger partial charge in [0.1, 0.15) is 28.9 Å². The Balaban J connectivity index is 0.000000132. The van der Waals surface area contributed by atoms with Crippen LogP contribution in [0.4, 0.5) is 44.3 Å². The zero-order chi connectivity index (χ0) is 104. The predicted octanol–water partition coefficient (Wildman–Crippen LogP) is 22.6. The molecular weight excluding hydrogens is 2010 g/mol. The summed E-state index contributed by atoms with van der Waals surface area (Å²) >= 11 is 36.5. The van der Waals surface area contributed by atoms with Crippen molar-refractivity contribution in [3.63, 3.8) is 0 Å². The van der Waals surface area contributed by atoms with Crippen LogP contribution in [0.1, 0.15) is 97.6 Å². The van der Waals surface area contributed by atoms with Crippen LogP contribution < -0.4 is 36.2 Å². The minimum Gasteiger partial charge on any atom is -0.508 e. The molecule has 15 heterocycles. The number of pyridine rings is 10. The van der Waals surface area contributed by atoms with Gasteiger partial charge in [-0.25, -0.2) is 4.39 Å². The maximum absolute atomic E-state index is 13.2. The number of rotatable bonds is 26. The van der Waals surface area contributed by atoms with Crippen molar-refractivity contribution in [2.75, 3.05) is 45.6 Å². The third kappa shape index (κ3) is 25.1. The largest absolute Gasteiger partial charge is 0.508 e. The predicted molar refractivity (Wildman–Crippen MR) is 568 cm³/mol. The molecule has 29 nitrogen and oxygen atoms in total. The van der Waals surface area contributed by atoms with Gasteiger partial charge in [-0.3, -0.25) is 68.1 Å². The number of halogens is 7. The second-order valence-electron chi connectivity index (χ2n) is 33.1. The van der Waals surface area contributed by atoms with Gasteiger partial charge in [0.05, 0.1) is 113 Å². The van der Waals surface area contributed by atoms with Gasteiger partial charge in [0.15, 0.2) is 0 Å². The van der Waals surface area contributed by atoms with Crippen LogP contribution in [0.15, 0.2) is 360 Å². The van der Waals surface area contributed by atoms with Gasteiger partial charge in [-0.05, 0) is 228 Å². The van der Waals surface area contributed by atoms with Crippen LogP contribution in [-0.4, -0.2) is 124 Å². The van der Waals surface area contributed by atoms with E-state index in [1.54, 1.807) is 207 Å². The summed E-state index contributed by atoms with van der Waals surface area (Å²) in [4.78, 5) is 136. The highest BCUT2D eigenvalue weighted by Crippen LogP contribution is 2.36. The number of benzene rings is 5. The second kappa shape index (κ2) is 47.5. The Kier molecular flexibility index (Phi) is 33.0. The molecule has 5 aromatic carbocycles. The number of nitriles is 1. The Morgan fingerprint density at radius 2 is 0.757 bits per heavy atom. The van der Waals surface area contributed by atoms with Gasteiger partial charge in [0.25, 0.3) is 46.8 Å². The molecule has 148 heavy (non-hydrogen) atoms. The molecule has 0 saturated heterocycles. The van der Waals surface area contributed by atoms with E-state index >= 15 is 0 Å². The summed E-state index contributed by atoms with van der Waals surface area (Å²) in [6.07, 6.45) is 26.4. The summed E-state index contributed by atoms with van der Waals surface area (Å²) in [5, 5.41) is 42.3. The number of hydrogen-bond acceptors (Lipinski definition) is 19. The fourth-order valence-electron chi connectivity index (χ4n) is 16.1. The first kappa shape index (κ1) is 103. The Morgan fingerprint density at radius 3 is 1.20 bits per heavy atom. The van der Waals surface area contributed by atoms with E-state index in [4.69, 9.17) is 79.6 Å². The van der Waals surface area contributed by atoms with Crippen LogP contribution in [-0.2, 0) is 56.1 Å². The first-order valence-corrected chi connectivity index (χ1v) is 47.4. The summed E-state index contributed by atoms with van der Waals surface area (Å²) in [6.45, 7) is 0. The summed E-state index contributed by atoms with van der Waals surface area (Å²) < 4.78 is 27.8. The number of ketones is 4. The molecule has 0 saturated carbocycles. The topological polar surface area (TPSA) is 377 Å². The first-order chi connectivity index (χ1) is 71.6. The van der Waals surface area contributed by atoms with Gasteiger partial charge in [0, 0.05) is 175 Å². The molecule has 20 rings (SSSR count). The van der Waals surface area contributed by atoms with Crippen LogP contribution in [0.5, 0.6) is 17.2 Å². The lowest BCUT2D eigenvalue weighted by Crippen LogP contribution is -2.23. The van der Waals surface area contributed by atoms with Crippen LogP contribution in [0.3, 0.4) is 0 Å². The monoisotopic (exact) mass is 2090 g/mol. The van der Waals surface area contributed by atoms with E-state index in [2.05, 4.69) is 62.0 Å². The number of hydrogen-bond donors (Lipinski definition) is 7. The van der Waals surface area contributed by atoms with Crippen molar-refractivity contribution in [1.82, 2.24) is 46.9 Å². The van der Waals surface area contributed by atoms with E-state index in [1.165, 1.54) is 43.1 Å². The number of ether oxygens (including phenoxy) is 1. The third-order valence-corrected chi connectivity index (χ3v) is 24.9. The van der Waals surface area contributed by atoms with Crippen molar-refractivity contribution in [2.24, 2.45) is 0 Å². The molecule has 736 valence electrons. The summed E-state index contributed by atoms with van der Waals surface area (Å²) in [7, 11) is 3.47. The number of anilines is 7. The first-order valence-electron chi connectivity index (χ1n) is 45.1. The lowest BCUT2D eigenvalue weighted by molar-refractivity contribution is -0.116. The van der Waals surface area contributed by atoms with E-state index in [1.807, 2.05) is 147 Å². The SMILES string of the molecule is CN(c1ccc(C#N)cc1)c1cc(C(=O)C(=O)Nc2ccncc2)c2ccccn12.COc1ccc(Cc2cc(C(=O)C(=O)Nc3c(Cl)cncc3Cl)c3cc(Cl)ccn23)cc1.O=C(Cc1cc(Cc2ccc(F)cc2)n2ccccc12)Nc1ccncc1.O=C(Nc1c(Cl)cncc1Cl)C(=O)c1cc(Cc2ccc(O)cc2)n2ccc(Cl)cc12.O=C(Nc1cccnc1)C(=O)c1cc(Cc2ccc(O)cc2)n2ccccc12. The van der Waals surface area contributed by atoms with Gasteiger partial charge in [-0.1, -0.05) is 136 Å². The van der Waals surface area contributed by atoms with Crippen molar-refractivity contribution in [3.05, 3.63) is 474 Å². The molecule has 0 aliphatic heterocycles. The molecule has 0 bridgehead atoms. The zero-order valence-corrected chi connectivity index (χ0v) is 82.6. The lowest BCUT2D eigenvalue weighted by Gasteiger charge is -2.19. The highest BCUT2D eigenvalue weighted by Gasteiger charge is 2.30. The molecule has 20 aromatic rings. The molecule has 5 amide bonds. The lowest BCUT2D eigenvalue weighted by atomic mass is 10.1. The van der Waals surface area contributed by atoms with Crippen LogP contribution >= 0.6 is 69.6 Å². The molecule has 0 aliphatic rings. The number of aromatic hydroxyl groups is 2. The van der Waals surface area contributed by atoms with Gasteiger partial charge < -0.3 is 68.4 Å². The number of nitrogens with one attached hydrogen (secondary N) is 5. The second-order valence-corrected chi connectivity index (χ2v) is 35.6. The average Bonchev–Trinajstić information content (AvgIpc) is 1.64. The number of fused-ring (bicyclic) bond motifs is 5. The molecule has 0 radical (unpaired) electrons. The number of carbonyl (C=O) groups excluding carboxylic acids is 9. The number of phenols is 2. The fraction of sp³-hybridized carbons (Fsp3) is 0.0625. The van der Waals surface area contributed by atoms with Crippen molar-refractivity contribution >= 4 is 190 Å². The molecular formula is C112H82Cl6FN17O12. The number of Topliss-reactive ketones (excluding diaryl/α,β-unsaturated/α-hetero) is 4. The van der Waals surface area contributed by atoms with Crippen LogP contribution in [0, 0.1) is 17.1 Å². The molecule has 0 aliphatic carbocycles. The Labute approximate surface area is 873 Å². The van der Waals surface area contributed by atoms with Gasteiger partial charge in [-0.15, -0.1) is 0 Å². The smallest absolute Gasteiger partial charge is 0.296 e. The van der Waals surface area contributed by atoms with Crippen molar-refractivity contribution in [1.29, 1.82) is 5.26 Å². The minimum atomic E-state index is -0.890.